The van der Waals surface area contributed by atoms with Crippen molar-refractivity contribution in [2.75, 3.05) is 17.2 Å². The average molecular weight is 266 g/mol. The lowest BCUT2D eigenvalue weighted by molar-refractivity contribution is -0.118. The van der Waals surface area contributed by atoms with E-state index in [1.807, 2.05) is 53.4 Å². The summed E-state index contributed by atoms with van der Waals surface area (Å²) in [4.78, 5) is 14.4. The molecule has 0 fully saturated rings. The highest BCUT2D eigenvalue weighted by Gasteiger charge is 2.22. The van der Waals surface area contributed by atoms with Crippen LogP contribution < -0.4 is 10.6 Å². The van der Waals surface area contributed by atoms with E-state index < -0.39 is 0 Å². The Bertz CT molecular complexity index is 622. The molecule has 1 amide bonds. The summed E-state index contributed by atoms with van der Waals surface area (Å²) >= 11 is 0. The Kier molecular flexibility index (Phi) is 3.42. The average Bonchev–Trinajstić information content (AvgIpc) is 2.47. The molecule has 0 radical (unpaired) electrons. The largest absolute Gasteiger partial charge is 0.399 e. The van der Waals surface area contributed by atoms with Gasteiger partial charge in [0.1, 0.15) is 0 Å². The van der Waals surface area contributed by atoms with E-state index in [1.54, 1.807) is 0 Å². The van der Waals surface area contributed by atoms with E-state index in [9.17, 15) is 4.79 Å². The quantitative estimate of drug-likeness (QED) is 0.850. The second-order valence-electron chi connectivity index (χ2n) is 5.20. The van der Waals surface area contributed by atoms with E-state index in [-0.39, 0.29) is 5.91 Å². The third-order valence-corrected chi connectivity index (χ3v) is 3.73. The molecule has 1 aliphatic heterocycles. The molecule has 2 aromatic carbocycles. The number of hydrogen-bond donors (Lipinski definition) is 1. The van der Waals surface area contributed by atoms with Crippen molar-refractivity contribution in [3.8, 4) is 0 Å². The fraction of sp³-hybridized carbons (Fsp3) is 0.235. The molecule has 2 N–H and O–H groups in total. The van der Waals surface area contributed by atoms with E-state index >= 15 is 0 Å². The highest BCUT2D eigenvalue weighted by Crippen LogP contribution is 2.29. The van der Waals surface area contributed by atoms with Crippen molar-refractivity contribution in [2.45, 2.75) is 19.3 Å². The van der Waals surface area contributed by atoms with Crippen molar-refractivity contribution >= 4 is 17.3 Å². The standard InChI is InChI=1S/C17H18N2O/c18-15-9-8-14-7-4-10-19(16(14)12-15)17(20)11-13-5-2-1-3-6-13/h1-3,5-6,8-9,12H,4,7,10-11,18H2. The number of rotatable bonds is 2. The number of aryl methyl sites for hydroxylation is 1. The second kappa shape index (κ2) is 5.37. The van der Waals surface area contributed by atoms with Gasteiger partial charge >= 0.3 is 0 Å². The first-order valence-corrected chi connectivity index (χ1v) is 6.97. The summed E-state index contributed by atoms with van der Waals surface area (Å²) in [7, 11) is 0. The molecule has 20 heavy (non-hydrogen) atoms. The van der Waals surface area contributed by atoms with Crippen LogP contribution in [0.4, 0.5) is 11.4 Å². The highest BCUT2D eigenvalue weighted by molar-refractivity contribution is 5.96. The van der Waals surface area contributed by atoms with Gasteiger partial charge in [0.25, 0.3) is 0 Å². The summed E-state index contributed by atoms with van der Waals surface area (Å²) in [6.07, 6.45) is 2.47. The number of amides is 1. The third kappa shape index (κ3) is 2.52. The topological polar surface area (TPSA) is 46.3 Å². The number of carbonyl (C=O) groups is 1. The van der Waals surface area contributed by atoms with E-state index in [0.29, 0.717) is 12.1 Å². The van der Waals surface area contributed by atoms with E-state index in [0.717, 1.165) is 30.6 Å². The lowest BCUT2D eigenvalue weighted by atomic mass is 10.00. The molecule has 0 aromatic heterocycles. The Labute approximate surface area is 119 Å². The van der Waals surface area contributed by atoms with Crippen molar-refractivity contribution in [2.24, 2.45) is 0 Å². The number of anilines is 2. The van der Waals surface area contributed by atoms with Crippen LogP contribution in [0.1, 0.15) is 17.5 Å². The van der Waals surface area contributed by atoms with Crippen molar-refractivity contribution in [1.29, 1.82) is 0 Å². The van der Waals surface area contributed by atoms with Crippen molar-refractivity contribution < 1.29 is 4.79 Å². The van der Waals surface area contributed by atoms with Gasteiger partial charge in [-0.25, -0.2) is 0 Å². The van der Waals surface area contributed by atoms with Crippen LogP contribution in [0.25, 0.3) is 0 Å². The lowest BCUT2D eigenvalue weighted by Crippen LogP contribution is -2.36. The summed E-state index contributed by atoms with van der Waals surface area (Å²) < 4.78 is 0. The second-order valence-corrected chi connectivity index (χ2v) is 5.20. The van der Waals surface area contributed by atoms with Crippen LogP contribution in [0.3, 0.4) is 0 Å². The van der Waals surface area contributed by atoms with Crippen LogP contribution in [0.15, 0.2) is 48.5 Å². The molecule has 0 unspecified atom stereocenters. The minimum atomic E-state index is 0.141. The molecule has 0 saturated heterocycles. The van der Waals surface area contributed by atoms with Crippen LogP contribution in [-0.4, -0.2) is 12.5 Å². The first-order valence-electron chi connectivity index (χ1n) is 6.97. The molecule has 1 aliphatic rings. The summed E-state index contributed by atoms with van der Waals surface area (Å²) in [6.45, 7) is 0.780. The Morgan fingerprint density at radius 2 is 1.95 bits per heavy atom. The highest BCUT2D eigenvalue weighted by atomic mass is 16.2. The Morgan fingerprint density at radius 1 is 1.15 bits per heavy atom. The molecule has 0 bridgehead atoms. The fourth-order valence-corrected chi connectivity index (χ4v) is 2.72. The SMILES string of the molecule is Nc1ccc2c(c1)N(C(=O)Cc1ccccc1)CCC2. The van der Waals surface area contributed by atoms with Gasteiger partial charge in [-0.1, -0.05) is 36.4 Å². The van der Waals surface area contributed by atoms with E-state index in [2.05, 4.69) is 0 Å². The smallest absolute Gasteiger partial charge is 0.231 e. The van der Waals surface area contributed by atoms with Gasteiger partial charge in [-0.15, -0.1) is 0 Å². The molecule has 0 saturated carbocycles. The molecule has 3 rings (SSSR count). The predicted molar refractivity (Wildman–Crippen MR) is 81.7 cm³/mol. The zero-order valence-electron chi connectivity index (χ0n) is 11.4. The summed E-state index contributed by atoms with van der Waals surface area (Å²) in [5.41, 5.74) is 9.82. The third-order valence-electron chi connectivity index (χ3n) is 3.73. The van der Waals surface area contributed by atoms with Gasteiger partial charge in [-0.2, -0.15) is 0 Å². The van der Waals surface area contributed by atoms with Gasteiger partial charge in [0.05, 0.1) is 6.42 Å². The molecule has 102 valence electrons. The lowest BCUT2D eigenvalue weighted by Gasteiger charge is -2.30. The molecule has 0 atom stereocenters. The number of nitrogens with two attached hydrogens (primary N) is 1. The normalized spacial score (nSPS) is 13.9. The maximum absolute atomic E-state index is 12.5. The summed E-state index contributed by atoms with van der Waals surface area (Å²) in [6, 6.07) is 15.7. The molecule has 0 aliphatic carbocycles. The number of benzene rings is 2. The van der Waals surface area contributed by atoms with Crippen molar-refractivity contribution in [3.05, 3.63) is 59.7 Å². The maximum Gasteiger partial charge on any atom is 0.231 e. The van der Waals surface area contributed by atoms with Crippen molar-refractivity contribution in [3.63, 3.8) is 0 Å². The Morgan fingerprint density at radius 3 is 2.75 bits per heavy atom. The number of nitrogen functional groups attached to an aromatic ring is 1. The molecule has 1 heterocycles. The minimum Gasteiger partial charge on any atom is -0.399 e. The fourth-order valence-electron chi connectivity index (χ4n) is 2.72. The predicted octanol–water partition coefficient (Wildman–Crippen LogP) is 2.79. The number of fused-ring (bicyclic) bond motifs is 1. The molecule has 3 nitrogen and oxygen atoms in total. The van der Waals surface area contributed by atoms with Crippen LogP contribution >= 0.6 is 0 Å². The zero-order chi connectivity index (χ0) is 13.9. The number of nitrogens with zero attached hydrogens (tertiary/aromatic N) is 1. The molecule has 0 spiro atoms. The monoisotopic (exact) mass is 266 g/mol. The Balaban J connectivity index is 1.85. The first-order chi connectivity index (χ1) is 9.74. The first kappa shape index (κ1) is 12.7. The zero-order valence-corrected chi connectivity index (χ0v) is 11.4. The van der Waals surface area contributed by atoms with Gasteiger partial charge in [-0.3, -0.25) is 4.79 Å². The van der Waals surface area contributed by atoms with Gasteiger partial charge in [0, 0.05) is 17.9 Å². The van der Waals surface area contributed by atoms with Crippen LogP contribution in [-0.2, 0) is 17.6 Å². The van der Waals surface area contributed by atoms with Gasteiger partial charge < -0.3 is 10.6 Å². The van der Waals surface area contributed by atoms with Crippen LogP contribution in [0.2, 0.25) is 0 Å². The van der Waals surface area contributed by atoms with E-state index in [4.69, 9.17) is 5.73 Å². The van der Waals surface area contributed by atoms with Gasteiger partial charge in [0.15, 0.2) is 0 Å². The Hall–Kier alpha value is -2.29. The molecule has 2 aromatic rings. The minimum absolute atomic E-state index is 0.141. The van der Waals surface area contributed by atoms with E-state index in [1.165, 1.54) is 5.56 Å². The van der Waals surface area contributed by atoms with Crippen LogP contribution in [0, 0.1) is 0 Å². The molecule has 3 heteroatoms. The summed E-state index contributed by atoms with van der Waals surface area (Å²) in [5.74, 6) is 0.141. The van der Waals surface area contributed by atoms with Gasteiger partial charge in [-0.05, 0) is 36.1 Å². The number of hydrogen-bond acceptors (Lipinski definition) is 2. The molecular weight excluding hydrogens is 248 g/mol. The summed E-state index contributed by atoms with van der Waals surface area (Å²) in [5, 5.41) is 0. The number of carbonyl (C=O) groups excluding carboxylic acids is 1. The van der Waals surface area contributed by atoms with Crippen molar-refractivity contribution in [1.82, 2.24) is 0 Å². The van der Waals surface area contributed by atoms with Gasteiger partial charge in [0.2, 0.25) is 5.91 Å². The van der Waals surface area contributed by atoms with Crippen LogP contribution in [0.5, 0.6) is 0 Å². The maximum atomic E-state index is 12.5. The molecular formula is C17H18N2O.